The summed E-state index contributed by atoms with van der Waals surface area (Å²) in [5, 5.41) is 3.10. The molecule has 2 fully saturated rings. The summed E-state index contributed by atoms with van der Waals surface area (Å²) < 4.78 is 5.24. The molecule has 0 aliphatic heterocycles. The van der Waals surface area contributed by atoms with Crippen LogP contribution in [0.1, 0.15) is 31.2 Å². The monoisotopic (exact) mass is 289 g/mol. The highest BCUT2D eigenvalue weighted by molar-refractivity contribution is 5.75. The van der Waals surface area contributed by atoms with E-state index in [1.54, 1.807) is 13.3 Å². The lowest BCUT2D eigenvalue weighted by Crippen LogP contribution is -2.43. The summed E-state index contributed by atoms with van der Waals surface area (Å²) in [4.78, 5) is 18.5. The number of methoxy groups -OCH3 is 1. The van der Waals surface area contributed by atoms with Gasteiger partial charge in [0.2, 0.25) is 0 Å². The third-order valence-electron chi connectivity index (χ3n) is 4.35. The first-order valence-corrected chi connectivity index (χ1v) is 7.65. The fourth-order valence-corrected chi connectivity index (χ4v) is 2.66. The maximum absolute atomic E-state index is 12.5. The number of aromatic nitrogens is 1. The fourth-order valence-electron chi connectivity index (χ4n) is 2.66. The van der Waals surface area contributed by atoms with E-state index in [-0.39, 0.29) is 11.4 Å². The molecule has 1 aromatic heterocycles. The van der Waals surface area contributed by atoms with Crippen molar-refractivity contribution in [3.05, 3.63) is 30.1 Å². The highest BCUT2D eigenvalue weighted by Crippen LogP contribution is 2.45. The number of pyridine rings is 1. The molecule has 5 nitrogen and oxygen atoms in total. The van der Waals surface area contributed by atoms with Crippen LogP contribution >= 0.6 is 0 Å². The average molecular weight is 289 g/mol. The van der Waals surface area contributed by atoms with Gasteiger partial charge in [-0.2, -0.15) is 0 Å². The van der Waals surface area contributed by atoms with E-state index in [1.165, 1.54) is 0 Å². The Kier molecular flexibility index (Phi) is 4.10. The van der Waals surface area contributed by atoms with E-state index in [4.69, 9.17) is 4.74 Å². The summed E-state index contributed by atoms with van der Waals surface area (Å²) >= 11 is 0. The topological polar surface area (TPSA) is 54.5 Å². The van der Waals surface area contributed by atoms with Crippen molar-refractivity contribution in [1.29, 1.82) is 0 Å². The van der Waals surface area contributed by atoms with Crippen LogP contribution in [0.2, 0.25) is 0 Å². The third kappa shape index (κ3) is 3.73. The predicted octanol–water partition coefficient (Wildman–Crippen LogP) is 2.18. The Morgan fingerprint density at radius 1 is 1.52 bits per heavy atom. The van der Waals surface area contributed by atoms with Gasteiger partial charge in [0, 0.05) is 44.0 Å². The molecule has 21 heavy (non-hydrogen) atoms. The molecule has 1 heterocycles. The molecule has 3 rings (SSSR count). The average Bonchev–Trinajstić information content (AvgIpc) is 3.39. The molecule has 1 aromatic rings. The van der Waals surface area contributed by atoms with Crippen molar-refractivity contribution in [2.45, 2.75) is 38.3 Å². The van der Waals surface area contributed by atoms with Crippen molar-refractivity contribution in [3.8, 4) is 0 Å². The molecular weight excluding hydrogens is 266 g/mol. The van der Waals surface area contributed by atoms with Gasteiger partial charge in [0.05, 0.1) is 6.61 Å². The van der Waals surface area contributed by atoms with Crippen LogP contribution in [-0.2, 0) is 11.3 Å². The number of carbonyl (C=O) groups is 1. The Labute approximate surface area is 125 Å². The van der Waals surface area contributed by atoms with Crippen molar-refractivity contribution in [2.24, 2.45) is 5.41 Å². The summed E-state index contributed by atoms with van der Waals surface area (Å²) in [5.74, 6) is 0. The normalized spacial score (nSPS) is 19.1. The second-order valence-corrected chi connectivity index (χ2v) is 6.31. The molecule has 5 heteroatoms. The Hall–Kier alpha value is -1.62. The molecule has 2 aliphatic rings. The Balaban J connectivity index is 1.55. The summed E-state index contributed by atoms with van der Waals surface area (Å²) in [6.45, 7) is 2.09. The number of carbonyl (C=O) groups excluding carboxylic acids is 1. The second kappa shape index (κ2) is 6.02. The van der Waals surface area contributed by atoms with Gasteiger partial charge in [-0.3, -0.25) is 4.98 Å². The molecule has 0 atom stereocenters. The SMILES string of the molecule is COCC1(CNC(=O)N(Cc2cccnc2)C2CC2)CC1. The number of amides is 2. The Bertz CT molecular complexity index is 484. The van der Waals surface area contributed by atoms with Crippen LogP contribution in [0.5, 0.6) is 0 Å². The van der Waals surface area contributed by atoms with E-state index in [1.807, 2.05) is 23.2 Å². The van der Waals surface area contributed by atoms with Crippen LogP contribution in [-0.4, -0.2) is 42.2 Å². The van der Waals surface area contributed by atoms with E-state index in [0.717, 1.165) is 44.4 Å². The lowest BCUT2D eigenvalue weighted by atomic mass is 10.1. The molecule has 2 aliphatic carbocycles. The van der Waals surface area contributed by atoms with Gasteiger partial charge in [-0.25, -0.2) is 4.79 Å². The molecule has 0 radical (unpaired) electrons. The van der Waals surface area contributed by atoms with Gasteiger partial charge in [0.25, 0.3) is 0 Å². The fraction of sp³-hybridized carbons (Fsp3) is 0.625. The molecule has 1 N–H and O–H groups in total. The first-order chi connectivity index (χ1) is 10.2. The molecule has 0 unspecified atom stereocenters. The first kappa shape index (κ1) is 14.3. The van der Waals surface area contributed by atoms with Gasteiger partial charge in [0.15, 0.2) is 0 Å². The number of nitrogens with zero attached hydrogens (tertiary/aromatic N) is 2. The van der Waals surface area contributed by atoms with E-state index in [9.17, 15) is 4.79 Å². The molecule has 114 valence electrons. The van der Waals surface area contributed by atoms with Crippen molar-refractivity contribution < 1.29 is 9.53 Å². The summed E-state index contributed by atoms with van der Waals surface area (Å²) in [6, 6.07) is 4.37. The maximum atomic E-state index is 12.5. The van der Waals surface area contributed by atoms with Gasteiger partial charge in [-0.1, -0.05) is 6.07 Å². The minimum Gasteiger partial charge on any atom is -0.384 e. The summed E-state index contributed by atoms with van der Waals surface area (Å²) in [7, 11) is 1.72. The maximum Gasteiger partial charge on any atom is 0.317 e. The molecule has 2 saturated carbocycles. The van der Waals surface area contributed by atoms with Crippen molar-refractivity contribution in [2.75, 3.05) is 20.3 Å². The quantitative estimate of drug-likeness (QED) is 0.837. The van der Waals surface area contributed by atoms with Gasteiger partial charge in [-0.05, 0) is 37.3 Å². The number of urea groups is 1. The third-order valence-corrected chi connectivity index (χ3v) is 4.35. The zero-order valence-corrected chi connectivity index (χ0v) is 12.5. The molecular formula is C16H23N3O2. The van der Waals surface area contributed by atoms with E-state index in [0.29, 0.717) is 12.6 Å². The molecule has 0 aromatic carbocycles. The van der Waals surface area contributed by atoms with E-state index in [2.05, 4.69) is 10.3 Å². The lowest BCUT2D eigenvalue weighted by Gasteiger charge is -2.24. The molecule has 0 bridgehead atoms. The largest absolute Gasteiger partial charge is 0.384 e. The predicted molar refractivity (Wildman–Crippen MR) is 79.7 cm³/mol. The zero-order valence-electron chi connectivity index (χ0n) is 12.5. The van der Waals surface area contributed by atoms with Gasteiger partial charge >= 0.3 is 6.03 Å². The molecule has 0 saturated heterocycles. The van der Waals surface area contributed by atoms with Gasteiger partial charge in [0.1, 0.15) is 0 Å². The highest BCUT2D eigenvalue weighted by Gasteiger charge is 2.43. The van der Waals surface area contributed by atoms with Crippen molar-refractivity contribution in [3.63, 3.8) is 0 Å². The van der Waals surface area contributed by atoms with Crippen LogP contribution in [0, 0.1) is 5.41 Å². The number of hydrogen-bond acceptors (Lipinski definition) is 3. The second-order valence-electron chi connectivity index (χ2n) is 6.31. The van der Waals surface area contributed by atoms with Crippen molar-refractivity contribution in [1.82, 2.24) is 15.2 Å². The standard InChI is InChI=1S/C16H23N3O2/c1-21-12-16(6-7-16)11-18-15(20)19(14-4-5-14)10-13-3-2-8-17-9-13/h2-3,8-9,14H,4-7,10-12H2,1H3,(H,18,20). The molecule has 2 amide bonds. The van der Waals surface area contributed by atoms with Crippen LogP contribution in [0.3, 0.4) is 0 Å². The summed E-state index contributed by atoms with van der Waals surface area (Å²) in [6.07, 6.45) is 8.09. The smallest absolute Gasteiger partial charge is 0.317 e. The Morgan fingerprint density at radius 2 is 2.33 bits per heavy atom. The Morgan fingerprint density at radius 3 is 2.90 bits per heavy atom. The lowest BCUT2D eigenvalue weighted by molar-refractivity contribution is 0.137. The van der Waals surface area contributed by atoms with E-state index >= 15 is 0 Å². The minimum atomic E-state index is 0.0451. The van der Waals surface area contributed by atoms with Crippen molar-refractivity contribution >= 4 is 6.03 Å². The van der Waals surface area contributed by atoms with Crippen LogP contribution in [0.4, 0.5) is 4.79 Å². The first-order valence-electron chi connectivity index (χ1n) is 7.65. The highest BCUT2D eigenvalue weighted by atomic mass is 16.5. The zero-order chi connectivity index (χ0) is 14.7. The number of rotatable bonds is 7. The van der Waals surface area contributed by atoms with Crippen LogP contribution in [0.25, 0.3) is 0 Å². The van der Waals surface area contributed by atoms with Gasteiger partial charge < -0.3 is 15.0 Å². The molecule has 0 spiro atoms. The van der Waals surface area contributed by atoms with E-state index < -0.39 is 0 Å². The van der Waals surface area contributed by atoms with Crippen LogP contribution in [0.15, 0.2) is 24.5 Å². The number of nitrogens with one attached hydrogen (secondary N) is 1. The number of ether oxygens (including phenoxy) is 1. The minimum absolute atomic E-state index is 0.0451. The van der Waals surface area contributed by atoms with Crippen LogP contribution < -0.4 is 5.32 Å². The number of hydrogen-bond donors (Lipinski definition) is 1. The van der Waals surface area contributed by atoms with Gasteiger partial charge in [-0.15, -0.1) is 0 Å². The summed E-state index contributed by atoms with van der Waals surface area (Å²) in [5.41, 5.74) is 1.27.